The normalized spacial score (nSPS) is 11.3. The molecule has 4 heteroatoms. The summed E-state index contributed by atoms with van der Waals surface area (Å²) in [5, 5.41) is 3.35. The average Bonchev–Trinajstić information content (AvgIpc) is 2.40. The first-order valence-corrected chi connectivity index (χ1v) is 7.20. The van der Waals surface area contributed by atoms with Crippen molar-refractivity contribution < 1.29 is 4.79 Å². The van der Waals surface area contributed by atoms with Crippen molar-refractivity contribution in [1.29, 1.82) is 0 Å². The van der Waals surface area contributed by atoms with E-state index in [1.54, 1.807) is 12.3 Å². The smallest absolute Gasteiger partial charge is 0.229 e. The van der Waals surface area contributed by atoms with Gasteiger partial charge in [0.15, 0.2) is 0 Å². The lowest BCUT2D eigenvalue weighted by Crippen LogP contribution is -2.27. The van der Waals surface area contributed by atoms with Crippen molar-refractivity contribution >= 4 is 23.2 Å². The molecule has 110 valence electrons. The summed E-state index contributed by atoms with van der Waals surface area (Å²) in [7, 11) is 0. The highest BCUT2D eigenvalue weighted by Gasteiger charge is 2.22. The second-order valence-electron chi connectivity index (χ2n) is 6.07. The van der Waals surface area contributed by atoms with Gasteiger partial charge in [-0.15, -0.1) is 0 Å². The van der Waals surface area contributed by atoms with Gasteiger partial charge in [0, 0.05) is 11.0 Å². The van der Waals surface area contributed by atoms with Crippen molar-refractivity contribution in [3.63, 3.8) is 0 Å². The molecule has 0 unspecified atom stereocenters. The minimum absolute atomic E-state index is 0.0542. The van der Waals surface area contributed by atoms with Crippen LogP contribution in [0, 0.1) is 12.3 Å². The Kier molecular flexibility index (Phi) is 4.33. The Balaban J connectivity index is 2.49. The molecule has 1 amide bonds. The SMILES string of the molecule is Cc1ccccc1-c1cc(Cl)ncc1NC(=O)C(C)(C)C. The first kappa shape index (κ1) is 15.5. The van der Waals surface area contributed by atoms with E-state index >= 15 is 0 Å². The highest BCUT2D eigenvalue weighted by molar-refractivity contribution is 6.29. The van der Waals surface area contributed by atoms with E-state index in [1.807, 2.05) is 52.0 Å². The van der Waals surface area contributed by atoms with E-state index in [0.29, 0.717) is 10.8 Å². The van der Waals surface area contributed by atoms with Gasteiger partial charge in [-0.25, -0.2) is 4.98 Å². The van der Waals surface area contributed by atoms with Crippen LogP contribution in [0.15, 0.2) is 36.5 Å². The number of carbonyl (C=O) groups is 1. The first-order valence-electron chi connectivity index (χ1n) is 6.82. The molecular weight excluding hydrogens is 284 g/mol. The summed E-state index contributed by atoms with van der Waals surface area (Å²) < 4.78 is 0. The first-order chi connectivity index (χ1) is 9.79. The van der Waals surface area contributed by atoms with Crippen LogP contribution in [0.1, 0.15) is 26.3 Å². The summed E-state index contributed by atoms with van der Waals surface area (Å²) in [4.78, 5) is 16.3. The fourth-order valence-corrected chi connectivity index (χ4v) is 2.10. The molecule has 1 heterocycles. The van der Waals surface area contributed by atoms with Crippen molar-refractivity contribution in [3.8, 4) is 11.1 Å². The number of hydrogen-bond donors (Lipinski definition) is 1. The van der Waals surface area contributed by atoms with Crippen LogP contribution in [0.5, 0.6) is 0 Å². The minimum atomic E-state index is -0.470. The molecule has 1 aromatic carbocycles. The predicted molar refractivity (Wildman–Crippen MR) is 87.5 cm³/mol. The van der Waals surface area contributed by atoms with Gasteiger partial charge in [0.1, 0.15) is 5.15 Å². The third-order valence-electron chi connectivity index (χ3n) is 3.24. The molecule has 0 fully saturated rings. The van der Waals surface area contributed by atoms with Gasteiger partial charge < -0.3 is 5.32 Å². The van der Waals surface area contributed by atoms with Gasteiger partial charge in [-0.2, -0.15) is 0 Å². The molecule has 0 bridgehead atoms. The highest BCUT2D eigenvalue weighted by atomic mass is 35.5. The summed E-state index contributed by atoms with van der Waals surface area (Å²) in [6, 6.07) is 9.76. The van der Waals surface area contributed by atoms with Crippen LogP contribution in [0.4, 0.5) is 5.69 Å². The Morgan fingerprint density at radius 3 is 2.48 bits per heavy atom. The van der Waals surface area contributed by atoms with E-state index in [-0.39, 0.29) is 5.91 Å². The highest BCUT2D eigenvalue weighted by Crippen LogP contribution is 2.32. The average molecular weight is 303 g/mol. The molecule has 0 aliphatic carbocycles. The molecule has 0 saturated carbocycles. The number of aromatic nitrogens is 1. The van der Waals surface area contributed by atoms with E-state index in [4.69, 9.17) is 11.6 Å². The Morgan fingerprint density at radius 2 is 1.86 bits per heavy atom. The van der Waals surface area contributed by atoms with Crippen molar-refractivity contribution in [2.45, 2.75) is 27.7 Å². The number of nitrogens with one attached hydrogen (secondary N) is 1. The molecule has 3 nitrogen and oxygen atoms in total. The summed E-state index contributed by atoms with van der Waals surface area (Å²) in [6.07, 6.45) is 1.60. The summed E-state index contributed by atoms with van der Waals surface area (Å²) in [5.41, 5.74) is 3.24. The number of halogens is 1. The number of carbonyl (C=O) groups excluding carboxylic acids is 1. The van der Waals surface area contributed by atoms with Crippen LogP contribution in [0.2, 0.25) is 5.15 Å². The molecule has 1 aromatic heterocycles. The Labute approximate surface area is 130 Å². The largest absolute Gasteiger partial charge is 0.324 e. The van der Waals surface area contributed by atoms with E-state index in [2.05, 4.69) is 10.3 Å². The number of pyridine rings is 1. The molecule has 0 radical (unpaired) electrons. The lowest BCUT2D eigenvalue weighted by molar-refractivity contribution is -0.123. The maximum Gasteiger partial charge on any atom is 0.229 e. The van der Waals surface area contributed by atoms with Gasteiger partial charge in [0.25, 0.3) is 0 Å². The molecule has 0 atom stereocenters. The Hall–Kier alpha value is -1.87. The summed E-state index contributed by atoms with van der Waals surface area (Å²) >= 11 is 6.02. The number of nitrogens with zero attached hydrogens (tertiary/aromatic N) is 1. The quantitative estimate of drug-likeness (QED) is 0.817. The van der Waals surface area contributed by atoms with E-state index in [9.17, 15) is 4.79 Å². The number of benzene rings is 1. The maximum absolute atomic E-state index is 12.2. The molecule has 2 rings (SSSR count). The van der Waals surface area contributed by atoms with E-state index in [1.165, 1.54) is 0 Å². The zero-order chi connectivity index (χ0) is 15.6. The number of amides is 1. The second kappa shape index (κ2) is 5.86. The van der Waals surface area contributed by atoms with Gasteiger partial charge in [-0.1, -0.05) is 56.6 Å². The van der Waals surface area contributed by atoms with Crippen molar-refractivity contribution in [2.75, 3.05) is 5.32 Å². The van der Waals surface area contributed by atoms with Crippen LogP contribution >= 0.6 is 11.6 Å². The fraction of sp³-hybridized carbons (Fsp3) is 0.294. The minimum Gasteiger partial charge on any atom is -0.324 e. The Bertz CT molecular complexity index is 675. The lowest BCUT2D eigenvalue weighted by atomic mass is 9.95. The molecule has 0 saturated heterocycles. The lowest BCUT2D eigenvalue weighted by Gasteiger charge is -2.20. The van der Waals surface area contributed by atoms with Crippen molar-refractivity contribution in [3.05, 3.63) is 47.2 Å². The molecule has 0 aliphatic rings. The van der Waals surface area contributed by atoms with Crippen LogP contribution in [-0.2, 0) is 4.79 Å². The third-order valence-corrected chi connectivity index (χ3v) is 3.44. The number of aryl methyl sites for hydroxylation is 1. The third kappa shape index (κ3) is 3.61. The van der Waals surface area contributed by atoms with E-state index in [0.717, 1.165) is 16.7 Å². The molecular formula is C17H19ClN2O. The number of anilines is 1. The zero-order valence-corrected chi connectivity index (χ0v) is 13.5. The van der Waals surface area contributed by atoms with Crippen LogP contribution in [-0.4, -0.2) is 10.9 Å². The molecule has 2 aromatic rings. The molecule has 1 N–H and O–H groups in total. The van der Waals surface area contributed by atoms with Gasteiger partial charge >= 0.3 is 0 Å². The second-order valence-corrected chi connectivity index (χ2v) is 6.46. The topological polar surface area (TPSA) is 42.0 Å². The van der Waals surface area contributed by atoms with Gasteiger partial charge in [-0.3, -0.25) is 4.79 Å². The monoisotopic (exact) mass is 302 g/mol. The molecule has 21 heavy (non-hydrogen) atoms. The van der Waals surface area contributed by atoms with Gasteiger partial charge in [0.05, 0.1) is 11.9 Å². The van der Waals surface area contributed by atoms with Crippen molar-refractivity contribution in [1.82, 2.24) is 4.98 Å². The standard InChI is InChI=1S/C17H19ClN2O/c1-11-7-5-6-8-12(11)13-9-15(18)19-10-14(13)20-16(21)17(2,3)4/h5-10H,1-4H3,(H,20,21). The van der Waals surface area contributed by atoms with Gasteiger partial charge in [0.2, 0.25) is 5.91 Å². The fourth-order valence-electron chi connectivity index (χ4n) is 1.94. The summed E-state index contributed by atoms with van der Waals surface area (Å²) in [5.74, 6) is -0.0542. The van der Waals surface area contributed by atoms with Gasteiger partial charge in [-0.05, 0) is 24.1 Å². The summed E-state index contributed by atoms with van der Waals surface area (Å²) in [6.45, 7) is 7.65. The van der Waals surface area contributed by atoms with Crippen LogP contribution in [0.25, 0.3) is 11.1 Å². The maximum atomic E-state index is 12.2. The zero-order valence-electron chi connectivity index (χ0n) is 12.7. The molecule has 0 aliphatic heterocycles. The van der Waals surface area contributed by atoms with Crippen LogP contribution in [0.3, 0.4) is 0 Å². The van der Waals surface area contributed by atoms with E-state index < -0.39 is 5.41 Å². The number of hydrogen-bond acceptors (Lipinski definition) is 2. The molecule has 0 spiro atoms. The predicted octanol–water partition coefficient (Wildman–Crippen LogP) is 4.70. The van der Waals surface area contributed by atoms with Crippen LogP contribution < -0.4 is 5.32 Å². The Morgan fingerprint density at radius 1 is 1.19 bits per heavy atom. The van der Waals surface area contributed by atoms with Crippen molar-refractivity contribution in [2.24, 2.45) is 5.41 Å². The number of rotatable bonds is 2.